The van der Waals surface area contributed by atoms with Crippen molar-refractivity contribution >= 4 is 10.4 Å². The molecule has 26 heavy (non-hydrogen) atoms. The summed E-state index contributed by atoms with van der Waals surface area (Å²) in [5.41, 5.74) is 0. The minimum atomic E-state index is -4.41. The monoisotopic (exact) mass is 395 g/mol. The molecule has 0 saturated heterocycles. The summed E-state index contributed by atoms with van der Waals surface area (Å²) in [6, 6.07) is 0.804. The Morgan fingerprint density at radius 1 is 0.808 bits per heavy atom. The third-order valence-electron chi connectivity index (χ3n) is 5.00. The summed E-state index contributed by atoms with van der Waals surface area (Å²) < 4.78 is 32.1. The van der Waals surface area contributed by atoms with Crippen molar-refractivity contribution in [3.63, 3.8) is 0 Å². The molecule has 1 atom stereocenters. The summed E-state index contributed by atoms with van der Waals surface area (Å²) in [5, 5.41) is 0. The van der Waals surface area contributed by atoms with Gasteiger partial charge in [0, 0.05) is 0 Å². The largest absolute Gasteiger partial charge is 0.726 e. The lowest BCUT2D eigenvalue weighted by Crippen LogP contribution is -2.43. The van der Waals surface area contributed by atoms with Gasteiger partial charge in [-0.15, -0.1) is 0 Å². The zero-order valence-corrected chi connectivity index (χ0v) is 19.1. The second kappa shape index (κ2) is 17.0. The van der Waals surface area contributed by atoms with Crippen LogP contribution in [0, 0.1) is 0 Å². The number of rotatable bonds is 15. The SMILES string of the molecule is CCCCCCCCCCCCCCC(C)[N+](C)(C)C.COS(=O)(=O)[O-]. The Hall–Kier alpha value is -0.170. The van der Waals surface area contributed by atoms with Gasteiger partial charge in [0.25, 0.3) is 0 Å². The molecule has 0 aromatic rings. The van der Waals surface area contributed by atoms with Crippen LogP contribution in [0.2, 0.25) is 0 Å². The Morgan fingerprint density at radius 3 is 1.38 bits per heavy atom. The van der Waals surface area contributed by atoms with Gasteiger partial charge < -0.3 is 9.04 Å². The van der Waals surface area contributed by atoms with Gasteiger partial charge in [-0.2, -0.15) is 0 Å². The van der Waals surface area contributed by atoms with Crippen molar-refractivity contribution in [2.75, 3.05) is 28.3 Å². The van der Waals surface area contributed by atoms with E-state index in [1.54, 1.807) is 0 Å². The van der Waals surface area contributed by atoms with E-state index in [1.807, 2.05) is 0 Å². The first-order chi connectivity index (χ1) is 12.0. The molecule has 0 fully saturated rings. The lowest BCUT2D eigenvalue weighted by molar-refractivity contribution is -0.894. The van der Waals surface area contributed by atoms with E-state index in [4.69, 9.17) is 0 Å². The van der Waals surface area contributed by atoms with Crippen LogP contribution in [0.25, 0.3) is 0 Å². The smallest absolute Gasteiger partial charge is 0.217 e. The van der Waals surface area contributed by atoms with Crippen LogP contribution in [-0.2, 0) is 14.6 Å². The van der Waals surface area contributed by atoms with Crippen molar-refractivity contribution in [2.24, 2.45) is 0 Å². The average molecular weight is 396 g/mol. The average Bonchev–Trinajstić information content (AvgIpc) is 2.54. The molecule has 0 N–H and O–H groups in total. The van der Waals surface area contributed by atoms with E-state index in [0.29, 0.717) is 0 Å². The molecule has 0 aromatic heterocycles. The number of hydrogen-bond donors (Lipinski definition) is 0. The molecule has 0 spiro atoms. The van der Waals surface area contributed by atoms with Gasteiger partial charge in [0.2, 0.25) is 10.4 Å². The molecule has 0 bridgehead atoms. The third kappa shape index (κ3) is 23.8. The standard InChI is InChI=1S/C19H42N.CH4O4S/c1-6-7-8-9-10-11-12-13-14-15-16-17-18-19(2)20(3,4)5;1-5-6(2,3)4/h19H,6-18H2,1-5H3;1H3,(H,2,3,4)/q+1;/p-1. The van der Waals surface area contributed by atoms with Crippen molar-refractivity contribution in [1.82, 2.24) is 0 Å². The van der Waals surface area contributed by atoms with Gasteiger partial charge in [-0.05, 0) is 19.8 Å². The molecule has 160 valence electrons. The summed E-state index contributed by atoms with van der Waals surface area (Å²) in [6.45, 7) is 4.68. The lowest BCUT2D eigenvalue weighted by Gasteiger charge is -2.31. The van der Waals surface area contributed by atoms with E-state index in [1.165, 1.54) is 83.5 Å². The van der Waals surface area contributed by atoms with Crippen LogP contribution in [0.5, 0.6) is 0 Å². The quantitative estimate of drug-likeness (QED) is 0.164. The van der Waals surface area contributed by atoms with E-state index in [2.05, 4.69) is 39.2 Å². The molecule has 0 rings (SSSR count). The number of quaternary nitrogens is 1. The third-order valence-corrected chi connectivity index (χ3v) is 5.41. The molecular formula is C20H45NO4S. The maximum Gasteiger partial charge on any atom is 0.217 e. The Bertz CT molecular complexity index is 391. The summed E-state index contributed by atoms with van der Waals surface area (Å²) in [6.07, 6.45) is 18.8. The fourth-order valence-corrected chi connectivity index (χ4v) is 2.67. The van der Waals surface area contributed by atoms with Crippen molar-refractivity contribution < 1.29 is 21.6 Å². The summed E-state index contributed by atoms with van der Waals surface area (Å²) in [4.78, 5) is 0. The first-order valence-corrected chi connectivity index (χ1v) is 11.7. The van der Waals surface area contributed by atoms with E-state index in [-0.39, 0.29) is 0 Å². The number of unbranched alkanes of at least 4 members (excludes halogenated alkanes) is 11. The zero-order chi connectivity index (χ0) is 20.5. The van der Waals surface area contributed by atoms with Crippen molar-refractivity contribution in [3.05, 3.63) is 0 Å². The first kappa shape index (κ1) is 28.0. The molecule has 0 radical (unpaired) electrons. The molecule has 0 aliphatic heterocycles. The van der Waals surface area contributed by atoms with Gasteiger partial charge in [0.05, 0.1) is 34.3 Å². The molecule has 0 aromatic carbocycles. The molecule has 0 aliphatic rings. The Balaban J connectivity index is 0. The topological polar surface area (TPSA) is 66.4 Å². The van der Waals surface area contributed by atoms with Crippen molar-refractivity contribution in [1.29, 1.82) is 0 Å². The van der Waals surface area contributed by atoms with Crippen LogP contribution in [0.4, 0.5) is 0 Å². The fourth-order valence-electron chi connectivity index (χ4n) is 2.67. The van der Waals surface area contributed by atoms with Crippen LogP contribution < -0.4 is 0 Å². The molecular weight excluding hydrogens is 350 g/mol. The highest BCUT2D eigenvalue weighted by atomic mass is 32.3. The highest BCUT2D eigenvalue weighted by molar-refractivity contribution is 7.80. The van der Waals surface area contributed by atoms with Gasteiger partial charge in [-0.25, -0.2) is 8.42 Å². The Labute approximate surface area is 164 Å². The molecule has 6 heteroatoms. The van der Waals surface area contributed by atoms with Gasteiger partial charge in [0.15, 0.2) is 0 Å². The van der Waals surface area contributed by atoms with Crippen LogP contribution in [0.3, 0.4) is 0 Å². The predicted octanol–water partition coefficient (Wildman–Crippen LogP) is 5.27. The van der Waals surface area contributed by atoms with Crippen LogP contribution in [-0.4, -0.2) is 51.7 Å². The second-order valence-electron chi connectivity index (χ2n) is 8.22. The number of hydrogen-bond acceptors (Lipinski definition) is 4. The minimum absolute atomic E-state index is 0.804. The molecule has 1 unspecified atom stereocenters. The minimum Gasteiger partial charge on any atom is -0.726 e. The predicted molar refractivity (Wildman–Crippen MR) is 110 cm³/mol. The van der Waals surface area contributed by atoms with Gasteiger partial charge in [-0.3, -0.25) is 4.18 Å². The highest BCUT2D eigenvalue weighted by Gasteiger charge is 2.16. The Morgan fingerprint density at radius 2 is 1.12 bits per heavy atom. The molecule has 0 aliphatic carbocycles. The fraction of sp³-hybridized carbons (Fsp3) is 1.00. The maximum absolute atomic E-state index is 9.22. The van der Waals surface area contributed by atoms with Crippen LogP contribution in [0.15, 0.2) is 0 Å². The van der Waals surface area contributed by atoms with Gasteiger partial charge in [0.1, 0.15) is 0 Å². The highest BCUT2D eigenvalue weighted by Crippen LogP contribution is 2.15. The van der Waals surface area contributed by atoms with E-state index < -0.39 is 10.4 Å². The van der Waals surface area contributed by atoms with E-state index >= 15 is 0 Å². The first-order valence-electron chi connectivity index (χ1n) is 10.4. The molecule has 0 amide bonds. The lowest BCUT2D eigenvalue weighted by atomic mass is 10.0. The number of nitrogens with zero attached hydrogens (tertiary/aromatic N) is 1. The second-order valence-corrected chi connectivity index (χ2v) is 9.37. The van der Waals surface area contributed by atoms with E-state index in [0.717, 1.165) is 17.6 Å². The summed E-state index contributed by atoms with van der Waals surface area (Å²) in [5.74, 6) is 0. The van der Waals surface area contributed by atoms with Gasteiger partial charge in [-0.1, -0.05) is 77.6 Å². The maximum atomic E-state index is 9.22. The van der Waals surface area contributed by atoms with Gasteiger partial charge >= 0.3 is 0 Å². The molecule has 5 nitrogen and oxygen atoms in total. The molecule has 0 heterocycles. The normalized spacial score (nSPS) is 13.2. The summed E-state index contributed by atoms with van der Waals surface area (Å²) >= 11 is 0. The van der Waals surface area contributed by atoms with Crippen molar-refractivity contribution in [2.45, 2.75) is 103 Å². The van der Waals surface area contributed by atoms with Crippen LogP contribution in [0.1, 0.15) is 97.3 Å². The van der Waals surface area contributed by atoms with Crippen LogP contribution >= 0.6 is 0 Å². The van der Waals surface area contributed by atoms with Crippen molar-refractivity contribution in [3.8, 4) is 0 Å². The van der Waals surface area contributed by atoms with E-state index in [9.17, 15) is 13.0 Å². The summed E-state index contributed by atoms with van der Waals surface area (Å²) in [7, 11) is 3.33. The molecule has 0 saturated carbocycles. The Kier molecular flexibility index (Phi) is 18.3. The zero-order valence-electron chi connectivity index (χ0n) is 18.3.